The summed E-state index contributed by atoms with van der Waals surface area (Å²) in [5, 5.41) is 15.3. The lowest BCUT2D eigenvalue weighted by atomic mass is 9.80. The SMILES string of the molecule is CC(C)[C@@H](CO)NC(=O)C1(NC(=O)c2ccoc2)CCCCC1.O=C1OC(c2ccoc2)=NC12CCCCC2. The molecule has 3 N–H and O–H groups in total. The number of cyclic esters (lactones) is 1. The molecule has 1 aliphatic heterocycles. The van der Waals surface area contributed by atoms with Gasteiger partial charge in [0.1, 0.15) is 18.1 Å². The van der Waals surface area contributed by atoms with E-state index in [2.05, 4.69) is 15.6 Å². The molecule has 0 saturated heterocycles. The zero-order valence-electron chi connectivity index (χ0n) is 22.7. The van der Waals surface area contributed by atoms with Crippen molar-refractivity contribution in [3.8, 4) is 0 Å². The smallest absolute Gasteiger partial charge is 0.340 e. The summed E-state index contributed by atoms with van der Waals surface area (Å²) < 4.78 is 15.2. The molecule has 2 fully saturated rings. The molecular weight excluding hydrogens is 502 g/mol. The van der Waals surface area contributed by atoms with Crippen molar-refractivity contribution in [3.63, 3.8) is 0 Å². The van der Waals surface area contributed by atoms with Gasteiger partial charge in [0, 0.05) is 0 Å². The molecule has 0 aromatic carbocycles. The fourth-order valence-corrected chi connectivity index (χ4v) is 5.38. The highest BCUT2D eigenvalue weighted by Crippen LogP contribution is 2.37. The molecule has 5 rings (SSSR count). The van der Waals surface area contributed by atoms with Crippen LogP contribution in [0.4, 0.5) is 0 Å². The molecule has 10 heteroatoms. The standard InChI is InChI=1S/C17H26N2O4.C12H13NO3/c1-12(2)14(10-20)18-16(22)17(7-4-3-5-8-17)19-15(21)13-6-9-23-11-13;14-11-12(5-2-1-3-6-12)13-10(16-11)9-4-7-15-8-9/h6,9,11-12,14,20H,3-5,7-8,10H2,1-2H3,(H,18,22)(H,19,21);4,7-8H,1-3,5-6H2/t14-;/m1./s1. The molecule has 39 heavy (non-hydrogen) atoms. The number of amides is 2. The first kappa shape index (κ1) is 28.6. The number of aliphatic hydroxyl groups is 1. The van der Waals surface area contributed by atoms with Crippen LogP contribution in [0.1, 0.15) is 94.0 Å². The van der Waals surface area contributed by atoms with Gasteiger partial charge in [0.25, 0.3) is 5.91 Å². The van der Waals surface area contributed by atoms with E-state index in [1.54, 1.807) is 24.7 Å². The monoisotopic (exact) mass is 541 g/mol. The topological polar surface area (TPSA) is 143 Å². The highest BCUT2D eigenvalue weighted by Gasteiger charge is 2.47. The Morgan fingerprint density at radius 1 is 0.974 bits per heavy atom. The Labute approximate surface area is 228 Å². The first-order valence-electron chi connectivity index (χ1n) is 13.9. The zero-order chi connectivity index (χ0) is 27.9. The molecule has 0 radical (unpaired) electrons. The second-order valence-electron chi connectivity index (χ2n) is 11.0. The van der Waals surface area contributed by atoms with Gasteiger partial charge in [0.15, 0.2) is 5.54 Å². The van der Waals surface area contributed by atoms with Crippen LogP contribution in [-0.4, -0.2) is 52.5 Å². The van der Waals surface area contributed by atoms with E-state index in [1.807, 2.05) is 13.8 Å². The van der Waals surface area contributed by atoms with Gasteiger partial charge in [-0.1, -0.05) is 52.4 Å². The second kappa shape index (κ2) is 12.6. The number of nitrogens with one attached hydrogen (secondary N) is 2. The Morgan fingerprint density at radius 3 is 2.18 bits per heavy atom. The van der Waals surface area contributed by atoms with E-state index in [4.69, 9.17) is 13.6 Å². The summed E-state index contributed by atoms with van der Waals surface area (Å²) in [6.45, 7) is 3.77. The van der Waals surface area contributed by atoms with Crippen molar-refractivity contribution in [1.29, 1.82) is 0 Å². The van der Waals surface area contributed by atoms with Crippen molar-refractivity contribution in [2.45, 2.75) is 95.2 Å². The minimum absolute atomic E-state index is 0.116. The molecule has 2 aliphatic carbocycles. The van der Waals surface area contributed by atoms with Gasteiger partial charge in [-0.15, -0.1) is 0 Å². The Bertz CT molecular complexity index is 1130. The van der Waals surface area contributed by atoms with Crippen LogP contribution in [0.5, 0.6) is 0 Å². The van der Waals surface area contributed by atoms with Gasteiger partial charge in [0.05, 0.1) is 36.3 Å². The summed E-state index contributed by atoms with van der Waals surface area (Å²) in [6, 6.07) is 3.02. The number of hydrogen-bond donors (Lipinski definition) is 3. The number of esters is 1. The third-order valence-corrected chi connectivity index (χ3v) is 7.93. The summed E-state index contributed by atoms with van der Waals surface area (Å²) in [5.41, 5.74) is -0.346. The van der Waals surface area contributed by atoms with E-state index in [9.17, 15) is 19.5 Å². The Balaban J connectivity index is 0.000000192. The first-order chi connectivity index (χ1) is 18.8. The Hall–Kier alpha value is -3.40. The van der Waals surface area contributed by atoms with Gasteiger partial charge < -0.3 is 29.3 Å². The molecule has 1 spiro atoms. The lowest BCUT2D eigenvalue weighted by Gasteiger charge is -2.38. The van der Waals surface area contributed by atoms with Crippen molar-refractivity contribution >= 4 is 23.7 Å². The van der Waals surface area contributed by atoms with Gasteiger partial charge in [-0.3, -0.25) is 9.59 Å². The van der Waals surface area contributed by atoms with Gasteiger partial charge >= 0.3 is 5.97 Å². The molecule has 1 atom stereocenters. The van der Waals surface area contributed by atoms with E-state index in [-0.39, 0.29) is 36.4 Å². The maximum atomic E-state index is 12.8. The fourth-order valence-electron chi connectivity index (χ4n) is 5.38. The van der Waals surface area contributed by atoms with Crippen LogP contribution in [0.25, 0.3) is 0 Å². The van der Waals surface area contributed by atoms with Crippen molar-refractivity contribution in [2.24, 2.45) is 10.9 Å². The Kier molecular flexibility index (Phi) is 9.27. The molecule has 2 aromatic rings. The number of aliphatic hydroxyl groups excluding tert-OH is 1. The van der Waals surface area contributed by atoms with E-state index < -0.39 is 11.1 Å². The van der Waals surface area contributed by atoms with Crippen molar-refractivity contribution < 1.29 is 33.1 Å². The normalized spacial score (nSPS) is 20.4. The molecule has 2 amide bonds. The molecule has 212 valence electrons. The maximum absolute atomic E-state index is 12.8. The average Bonchev–Trinajstić information content (AvgIpc) is 3.72. The lowest BCUT2D eigenvalue weighted by molar-refractivity contribution is -0.140. The number of ether oxygens (including phenoxy) is 1. The minimum Gasteiger partial charge on any atom is -0.472 e. The van der Waals surface area contributed by atoms with E-state index in [1.165, 1.54) is 18.9 Å². The molecule has 0 unspecified atom stereocenters. The van der Waals surface area contributed by atoms with E-state index in [0.29, 0.717) is 24.3 Å². The van der Waals surface area contributed by atoms with Crippen molar-refractivity contribution in [1.82, 2.24) is 10.6 Å². The van der Waals surface area contributed by atoms with Crippen LogP contribution >= 0.6 is 0 Å². The van der Waals surface area contributed by atoms with Crippen molar-refractivity contribution in [2.75, 3.05) is 6.61 Å². The van der Waals surface area contributed by atoms with Crippen molar-refractivity contribution in [3.05, 3.63) is 48.3 Å². The van der Waals surface area contributed by atoms with Gasteiger partial charge in [-0.2, -0.15) is 0 Å². The molecular formula is C29H39N3O7. The second-order valence-corrected chi connectivity index (χ2v) is 11.0. The zero-order valence-corrected chi connectivity index (χ0v) is 22.7. The first-order valence-corrected chi connectivity index (χ1v) is 13.9. The van der Waals surface area contributed by atoms with Crippen LogP contribution in [0.2, 0.25) is 0 Å². The number of rotatable bonds is 7. The predicted molar refractivity (Wildman–Crippen MR) is 143 cm³/mol. The number of nitrogens with zero attached hydrogens (tertiary/aromatic N) is 1. The van der Waals surface area contributed by atoms with Crippen LogP contribution in [-0.2, 0) is 14.3 Å². The molecule has 10 nitrogen and oxygen atoms in total. The van der Waals surface area contributed by atoms with Crippen LogP contribution < -0.4 is 10.6 Å². The van der Waals surface area contributed by atoms with E-state index in [0.717, 1.165) is 50.5 Å². The fraction of sp³-hybridized carbons (Fsp3) is 0.586. The molecule has 3 aliphatic rings. The minimum atomic E-state index is -0.908. The average molecular weight is 542 g/mol. The molecule has 2 saturated carbocycles. The number of furan rings is 2. The molecule has 3 heterocycles. The lowest BCUT2D eigenvalue weighted by Crippen LogP contribution is -2.62. The third kappa shape index (κ3) is 6.61. The number of carbonyl (C=O) groups is 3. The van der Waals surface area contributed by atoms with Gasteiger partial charge in [-0.25, -0.2) is 9.79 Å². The van der Waals surface area contributed by atoms with Gasteiger partial charge in [0.2, 0.25) is 11.8 Å². The quantitative estimate of drug-likeness (QED) is 0.447. The number of carbonyl (C=O) groups excluding carboxylic acids is 3. The summed E-state index contributed by atoms with van der Waals surface area (Å²) in [4.78, 5) is 41.6. The molecule has 0 bridgehead atoms. The Morgan fingerprint density at radius 2 is 1.62 bits per heavy atom. The summed E-state index contributed by atoms with van der Waals surface area (Å²) >= 11 is 0. The highest BCUT2D eigenvalue weighted by molar-refractivity contribution is 6.07. The van der Waals surface area contributed by atoms with Crippen LogP contribution in [0.15, 0.2) is 51.0 Å². The summed E-state index contributed by atoms with van der Waals surface area (Å²) in [7, 11) is 0. The number of aliphatic imine (C=N–C) groups is 1. The third-order valence-electron chi connectivity index (χ3n) is 7.93. The largest absolute Gasteiger partial charge is 0.472 e. The predicted octanol–water partition coefficient (Wildman–Crippen LogP) is 4.13. The van der Waals surface area contributed by atoms with E-state index >= 15 is 0 Å². The maximum Gasteiger partial charge on any atom is 0.340 e. The summed E-state index contributed by atoms with van der Waals surface area (Å²) in [6.07, 6.45) is 14.9. The molecule has 2 aromatic heterocycles. The van der Waals surface area contributed by atoms with Crippen LogP contribution in [0, 0.1) is 5.92 Å². The van der Waals surface area contributed by atoms with Gasteiger partial charge in [-0.05, 0) is 43.7 Å². The highest BCUT2D eigenvalue weighted by atomic mass is 16.6. The summed E-state index contributed by atoms with van der Waals surface area (Å²) in [5.74, 6) is -0.166. The number of hydrogen-bond acceptors (Lipinski definition) is 8. The van der Waals surface area contributed by atoms with Crippen LogP contribution in [0.3, 0.4) is 0 Å².